The molecule has 0 spiro atoms. The maximum Gasteiger partial charge on any atom is 0.253 e. The van der Waals surface area contributed by atoms with Crippen molar-refractivity contribution in [3.63, 3.8) is 0 Å². The molecule has 0 radical (unpaired) electrons. The summed E-state index contributed by atoms with van der Waals surface area (Å²) in [6.07, 6.45) is 1.45. The van der Waals surface area contributed by atoms with E-state index >= 15 is 0 Å². The lowest BCUT2D eigenvalue weighted by molar-refractivity contribution is -0.115. The lowest BCUT2D eigenvalue weighted by atomic mass is 10.2. The maximum atomic E-state index is 12.2. The fraction of sp³-hybridized carbons (Fsp3) is 0.278. The molecule has 2 amide bonds. The molecule has 1 aromatic heterocycles. The number of aromatic nitrogens is 1. The van der Waals surface area contributed by atoms with Gasteiger partial charge in [0.2, 0.25) is 5.91 Å². The number of ether oxygens (including phenoxy) is 1. The molecule has 138 valence electrons. The lowest BCUT2D eigenvalue weighted by Gasteiger charge is -2.10. The molecule has 1 aromatic carbocycles. The quantitative estimate of drug-likeness (QED) is 0.714. The van der Waals surface area contributed by atoms with Crippen LogP contribution >= 0.6 is 15.9 Å². The topological polar surface area (TPSA) is 89.4 Å². The molecule has 2 aromatic rings. The molecular formula is C18H20BrN3O4. The van der Waals surface area contributed by atoms with Crippen LogP contribution in [0.5, 0.6) is 0 Å². The summed E-state index contributed by atoms with van der Waals surface area (Å²) in [5.74, 6) is -0.772. The zero-order valence-corrected chi connectivity index (χ0v) is 16.1. The van der Waals surface area contributed by atoms with Crippen molar-refractivity contribution < 1.29 is 14.3 Å². The molecule has 0 bridgehead atoms. The monoisotopic (exact) mass is 421 g/mol. The number of pyridine rings is 1. The summed E-state index contributed by atoms with van der Waals surface area (Å²) in [6.45, 7) is 2.45. The standard InChI is InChI=1S/C18H20BrN3O4/c1-12-9-14(4-5-15(12)19)21-16(23)10-20-18(25)13-3-6-17(24)22(11-13)7-8-26-2/h3-6,9,11H,7-8,10H2,1-2H3,(H,20,25)(H,21,23). The van der Waals surface area contributed by atoms with Crippen LogP contribution in [0.4, 0.5) is 5.69 Å². The molecule has 2 N–H and O–H groups in total. The van der Waals surface area contributed by atoms with Crippen LogP contribution in [-0.2, 0) is 16.1 Å². The highest BCUT2D eigenvalue weighted by Crippen LogP contribution is 2.19. The van der Waals surface area contributed by atoms with Gasteiger partial charge in [0.15, 0.2) is 0 Å². The van der Waals surface area contributed by atoms with Gasteiger partial charge in [-0.2, -0.15) is 0 Å². The van der Waals surface area contributed by atoms with Crippen molar-refractivity contribution in [3.8, 4) is 0 Å². The third-order valence-electron chi connectivity index (χ3n) is 3.63. The van der Waals surface area contributed by atoms with E-state index in [0.29, 0.717) is 24.4 Å². The van der Waals surface area contributed by atoms with Crippen LogP contribution in [0.15, 0.2) is 45.8 Å². The second-order valence-corrected chi connectivity index (χ2v) is 6.49. The van der Waals surface area contributed by atoms with E-state index in [1.165, 1.54) is 30.0 Å². The highest BCUT2D eigenvalue weighted by atomic mass is 79.9. The number of rotatable bonds is 7. The molecule has 0 aliphatic heterocycles. The smallest absolute Gasteiger partial charge is 0.253 e. The SMILES string of the molecule is COCCn1cc(C(=O)NCC(=O)Nc2ccc(Br)c(C)c2)ccc1=O. The van der Waals surface area contributed by atoms with E-state index in [9.17, 15) is 14.4 Å². The van der Waals surface area contributed by atoms with Gasteiger partial charge < -0.3 is 19.9 Å². The predicted octanol–water partition coefficient (Wildman–Crippen LogP) is 1.93. The molecule has 0 saturated heterocycles. The zero-order valence-electron chi connectivity index (χ0n) is 14.5. The number of hydrogen-bond donors (Lipinski definition) is 2. The van der Waals surface area contributed by atoms with Crippen LogP contribution in [0.25, 0.3) is 0 Å². The molecular weight excluding hydrogens is 402 g/mol. The van der Waals surface area contributed by atoms with E-state index in [1.54, 1.807) is 6.07 Å². The summed E-state index contributed by atoms with van der Waals surface area (Å²) in [5, 5.41) is 5.26. The van der Waals surface area contributed by atoms with E-state index in [4.69, 9.17) is 4.74 Å². The van der Waals surface area contributed by atoms with Crippen LogP contribution in [0.1, 0.15) is 15.9 Å². The van der Waals surface area contributed by atoms with Gasteiger partial charge in [0, 0.05) is 36.1 Å². The summed E-state index contributed by atoms with van der Waals surface area (Å²) >= 11 is 3.40. The van der Waals surface area contributed by atoms with Crippen LogP contribution in [0, 0.1) is 6.92 Å². The van der Waals surface area contributed by atoms with Crippen molar-refractivity contribution in [2.75, 3.05) is 25.6 Å². The molecule has 7 nitrogen and oxygen atoms in total. The summed E-state index contributed by atoms with van der Waals surface area (Å²) < 4.78 is 7.28. The summed E-state index contributed by atoms with van der Waals surface area (Å²) in [4.78, 5) is 35.9. The average molecular weight is 422 g/mol. The van der Waals surface area contributed by atoms with Crippen molar-refractivity contribution in [1.29, 1.82) is 0 Å². The van der Waals surface area contributed by atoms with Crippen molar-refractivity contribution in [3.05, 3.63) is 62.5 Å². The Labute approximate surface area is 159 Å². The number of nitrogens with one attached hydrogen (secondary N) is 2. The third-order valence-corrected chi connectivity index (χ3v) is 4.52. The number of methoxy groups -OCH3 is 1. The van der Waals surface area contributed by atoms with Crippen molar-refractivity contribution >= 4 is 33.4 Å². The second kappa shape index (κ2) is 9.30. The Morgan fingerprint density at radius 3 is 2.69 bits per heavy atom. The van der Waals surface area contributed by atoms with Crippen LogP contribution in [-0.4, -0.2) is 36.6 Å². The highest BCUT2D eigenvalue weighted by Gasteiger charge is 2.10. The minimum atomic E-state index is -0.432. The van der Waals surface area contributed by atoms with E-state index in [-0.39, 0.29) is 18.0 Å². The van der Waals surface area contributed by atoms with Crippen LogP contribution in [0.2, 0.25) is 0 Å². The summed E-state index contributed by atoms with van der Waals surface area (Å²) in [7, 11) is 1.53. The minimum Gasteiger partial charge on any atom is -0.383 e. The van der Waals surface area contributed by atoms with Gasteiger partial charge in [0.1, 0.15) is 0 Å². The number of amides is 2. The molecule has 0 aliphatic carbocycles. The van der Waals surface area contributed by atoms with Gasteiger partial charge in [-0.25, -0.2) is 0 Å². The van der Waals surface area contributed by atoms with Gasteiger partial charge in [0.05, 0.1) is 18.7 Å². The van der Waals surface area contributed by atoms with Gasteiger partial charge in [-0.15, -0.1) is 0 Å². The Hall–Kier alpha value is -2.45. The first-order chi connectivity index (χ1) is 12.4. The lowest BCUT2D eigenvalue weighted by Crippen LogP contribution is -2.33. The molecule has 0 aliphatic rings. The number of anilines is 1. The molecule has 0 atom stereocenters. The number of benzene rings is 1. The fourth-order valence-corrected chi connectivity index (χ4v) is 2.47. The fourth-order valence-electron chi connectivity index (χ4n) is 2.22. The van der Waals surface area contributed by atoms with Gasteiger partial charge in [-0.1, -0.05) is 15.9 Å². The van der Waals surface area contributed by atoms with E-state index in [2.05, 4.69) is 26.6 Å². The normalized spacial score (nSPS) is 10.4. The van der Waals surface area contributed by atoms with E-state index in [1.807, 2.05) is 19.1 Å². The van der Waals surface area contributed by atoms with Gasteiger partial charge >= 0.3 is 0 Å². The van der Waals surface area contributed by atoms with Crippen molar-refractivity contribution in [2.45, 2.75) is 13.5 Å². The molecule has 2 rings (SSSR count). The van der Waals surface area contributed by atoms with Crippen molar-refractivity contribution in [1.82, 2.24) is 9.88 Å². The number of aryl methyl sites for hydroxylation is 1. The van der Waals surface area contributed by atoms with Gasteiger partial charge in [0.25, 0.3) is 11.5 Å². The summed E-state index contributed by atoms with van der Waals surface area (Å²) in [6, 6.07) is 8.18. The molecule has 1 heterocycles. The predicted molar refractivity (Wildman–Crippen MR) is 102 cm³/mol. The van der Waals surface area contributed by atoms with Crippen LogP contribution in [0.3, 0.4) is 0 Å². The number of carbonyl (C=O) groups is 2. The van der Waals surface area contributed by atoms with E-state index in [0.717, 1.165) is 10.0 Å². The third kappa shape index (κ3) is 5.53. The Morgan fingerprint density at radius 1 is 1.23 bits per heavy atom. The number of carbonyl (C=O) groups excluding carboxylic acids is 2. The van der Waals surface area contributed by atoms with Crippen LogP contribution < -0.4 is 16.2 Å². The first-order valence-electron chi connectivity index (χ1n) is 7.94. The Balaban J connectivity index is 1.94. The van der Waals surface area contributed by atoms with Gasteiger partial charge in [-0.05, 0) is 36.8 Å². The first kappa shape index (κ1) is 19.9. The summed E-state index contributed by atoms with van der Waals surface area (Å²) in [5.41, 5.74) is 1.72. The minimum absolute atomic E-state index is 0.175. The maximum absolute atomic E-state index is 12.2. The number of halogens is 1. The molecule has 26 heavy (non-hydrogen) atoms. The van der Waals surface area contributed by atoms with Gasteiger partial charge in [-0.3, -0.25) is 14.4 Å². The molecule has 8 heteroatoms. The molecule has 0 saturated carbocycles. The molecule has 0 unspecified atom stereocenters. The highest BCUT2D eigenvalue weighted by molar-refractivity contribution is 9.10. The van der Waals surface area contributed by atoms with E-state index < -0.39 is 5.91 Å². The largest absolute Gasteiger partial charge is 0.383 e. The zero-order chi connectivity index (χ0) is 19.1. The Bertz CT molecular complexity index is 864. The Kier molecular flexibility index (Phi) is 7.11. The second-order valence-electron chi connectivity index (χ2n) is 5.64. The average Bonchev–Trinajstić information content (AvgIpc) is 2.62. The van der Waals surface area contributed by atoms with Crippen molar-refractivity contribution in [2.24, 2.45) is 0 Å². The number of nitrogens with zero attached hydrogens (tertiary/aromatic N) is 1. The number of hydrogen-bond acceptors (Lipinski definition) is 4. The first-order valence-corrected chi connectivity index (χ1v) is 8.73. The molecule has 0 fully saturated rings. The Morgan fingerprint density at radius 2 is 2.00 bits per heavy atom.